The molecule has 0 unspecified atom stereocenters. The van der Waals surface area contributed by atoms with E-state index in [9.17, 15) is 14.7 Å². The van der Waals surface area contributed by atoms with Gasteiger partial charge in [-0.25, -0.2) is 4.79 Å². The molecule has 0 bridgehead atoms. The van der Waals surface area contributed by atoms with Gasteiger partial charge in [-0.3, -0.25) is 4.79 Å². The van der Waals surface area contributed by atoms with Crippen molar-refractivity contribution in [3.63, 3.8) is 0 Å². The van der Waals surface area contributed by atoms with Crippen molar-refractivity contribution >= 4 is 17.6 Å². The van der Waals surface area contributed by atoms with Crippen molar-refractivity contribution in [3.05, 3.63) is 29.0 Å². The molecule has 5 aliphatic rings. The van der Waals surface area contributed by atoms with Gasteiger partial charge >= 0.3 is 5.97 Å². The molecular formula is C22H24N2O6. The lowest BCUT2D eigenvalue weighted by Gasteiger charge is -2.54. The van der Waals surface area contributed by atoms with Crippen molar-refractivity contribution < 1.29 is 28.9 Å². The molecule has 0 saturated carbocycles. The highest BCUT2D eigenvalue weighted by molar-refractivity contribution is 5.95. The number of hydrogen-bond donors (Lipinski definition) is 2. The minimum atomic E-state index is -0.608. The van der Waals surface area contributed by atoms with Crippen molar-refractivity contribution in [2.45, 2.75) is 49.9 Å². The molecule has 158 valence electrons. The standard InChI is InChI=1S/C22H24N2O6/c1-4-21-9-10(19(27)29-3)16-22(11-7-13(25)14(28-2)8-12(11)23-16)5-6-24(20(21)22)18(26)15-17(21)30-15/h7-8,15,17,20,23,25H,4-6,9H2,1-3H3/t15-,17+,20+,21-,22+/m1/s1. The van der Waals surface area contributed by atoms with Gasteiger partial charge in [-0.05, 0) is 30.9 Å². The first-order chi connectivity index (χ1) is 14.4. The van der Waals surface area contributed by atoms with E-state index in [0.717, 1.165) is 23.4 Å². The third kappa shape index (κ3) is 1.79. The fraction of sp³-hybridized carbons (Fsp3) is 0.545. The molecule has 0 radical (unpaired) electrons. The van der Waals surface area contributed by atoms with E-state index in [1.165, 1.54) is 14.2 Å². The quantitative estimate of drug-likeness (QED) is 0.443. The second-order valence-electron chi connectivity index (χ2n) is 8.94. The summed E-state index contributed by atoms with van der Waals surface area (Å²) in [6.07, 6.45) is 1.34. The third-order valence-electron chi connectivity index (χ3n) is 8.06. The number of ether oxygens (including phenoxy) is 3. The Kier molecular flexibility index (Phi) is 3.30. The van der Waals surface area contributed by atoms with E-state index in [1.807, 2.05) is 4.90 Å². The van der Waals surface area contributed by atoms with Gasteiger partial charge in [0.25, 0.3) is 5.91 Å². The van der Waals surface area contributed by atoms with Crippen molar-refractivity contribution in [2.24, 2.45) is 5.41 Å². The Hall–Kier alpha value is -2.74. The average molecular weight is 412 g/mol. The first-order valence-corrected chi connectivity index (χ1v) is 10.4. The van der Waals surface area contributed by atoms with Gasteiger partial charge in [-0.15, -0.1) is 0 Å². The zero-order chi connectivity index (χ0) is 21.0. The summed E-state index contributed by atoms with van der Waals surface area (Å²) < 4.78 is 16.4. The minimum Gasteiger partial charge on any atom is -0.504 e. The zero-order valence-electron chi connectivity index (χ0n) is 17.2. The number of esters is 1. The number of hydrogen-bond acceptors (Lipinski definition) is 7. The summed E-state index contributed by atoms with van der Waals surface area (Å²) >= 11 is 0. The highest BCUT2D eigenvalue weighted by Gasteiger charge is 2.76. The van der Waals surface area contributed by atoms with E-state index in [4.69, 9.17) is 14.2 Å². The van der Waals surface area contributed by atoms with Crippen LogP contribution >= 0.6 is 0 Å². The Balaban J connectivity index is 1.66. The maximum atomic E-state index is 13.1. The van der Waals surface area contributed by atoms with Crippen molar-refractivity contribution in [1.29, 1.82) is 0 Å². The number of anilines is 1. The second kappa shape index (κ2) is 5.49. The Morgan fingerprint density at radius 2 is 2.20 bits per heavy atom. The number of carbonyl (C=O) groups is 2. The lowest BCUT2D eigenvalue weighted by Crippen LogP contribution is -2.64. The Morgan fingerprint density at radius 3 is 2.90 bits per heavy atom. The normalized spacial score (nSPS) is 37.1. The molecule has 2 N–H and O–H groups in total. The van der Waals surface area contributed by atoms with E-state index < -0.39 is 11.5 Å². The summed E-state index contributed by atoms with van der Waals surface area (Å²) in [5.74, 6) is 0.0817. The maximum absolute atomic E-state index is 13.1. The zero-order valence-corrected chi connectivity index (χ0v) is 17.2. The molecule has 8 heteroatoms. The van der Waals surface area contributed by atoms with E-state index in [1.54, 1.807) is 12.1 Å². The fourth-order valence-electron chi connectivity index (χ4n) is 6.83. The molecule has 1 spiro atoms. The highest BCUT2D eigenvalue weighted by atomic mass is 16.6. The highest BCUT2D eigenvalue weighted by Crippen LogP contribution is 2.68. The van der Waals surface area contributed by atoms with Crippen molar-refractivity contribution in [2.75, 3.05) is 26.1 Å². The lowest BCUT2D eigenvalue weighted by molar-refractivity contribution is -0.141. The van der Waals surface area contributed by atoms with Gasteiger partial charge in [0.05, 0.1) is 31.2 Å². The van der Waals surface area contributed by atoms with Crippen LogP contribution in [0.2, 0.25) is 0 Å². The van der Waals surface area contributed by atoms with Crippen molar-refractivity contribution in [3.8, 4) is 11.5 Å². The number of piperidine rings is 1. The number of amides is 1. The van der Waals surface area contributed by atoms with E-state index >= 15 is 0 Å². The molecule has 1 aliphatic carbocycles. The monoisotopic (exact) mass is 412 g/mol. The van der Waals surface area contributed by atoms with Gasteiger partial charge in [0.15, 0.2) is 17.6 Å². The molecule has 5 atom stereocenters. The topological polar surface area (TPSA) is 101 Å². The SMILES string of the molecule is CC[C@@]12CC(C(=O)OC)=C3Nc4cc(OC)c(O)cc4[C@@]34CCN(C(=O)[C@@H]3O[C@@H]31)[C@@H]24. The van der Waals surface area contributed by atoms with Gasteiger partial charge in [0.2, 0.25) is 0 Å². The molecule has 4 aliphatic heterocycles. The van der Waals surface area contributed by atoms with Crippen LogP contribution in [0.5, 0.6) is 11.5 Å². The lowest BCUT2D eigenvalue weighted by atomic mass is 9.53. The van der Waals surface area contributed by atoms with Crippen LogP contribution in [-0.2, 0) is 24.5 Å². The van der Waals surface area contributed by atoms with Crippen molar-refractivity contribution in [1.82, 2.24) is 4.90 Å². The summed E-state index contributed by atoms with van der Waals surface area (Å²) in [6, 6.07) is 3.34. The van der Waals surface area contributed by atoms with Crippen LogP contribution in [0.3, 0.4) is 0 Å². The van der Waals surface area contributed by atoms with Crippen LogP contribution in [-0.4, -0.2) is 60.9 Å². The molecule has 6 rings (SSSR count). The molecule has 0 aromatic heterocycles. The van der Waals surface area contributed by atoms with E-state index in [0.29, 0.717) is 30.7 Å². The fourth-order valence-corrected chi connectivity index (χ4v) is 6.83. The Morgan fingerprint density at radius 1 is 1.40 bits per heavy atom. The molecule has 4 heterocycles. The third-order valence-corrected chi connectivity index (χ3v) is 8.06. The number of methoxy groups -OCH3 is 2. The van der Waals surface area contributed by atoms with Gasteiger partial charge in [-0.1, -0.05) is 6.92 Å². The molecular weight excluding hydrogens is 388 g/mol. The van der Waals surface area contributed by atoms with Crippen LogP contribution in [0.15, 0.2) is 23.4 Å². The summed E-state index contributed by atoms with van der Waals surface area (Å²) in [7, 11) is 2.90. The van der Waals surface area contributed by atoms with Crippen LogP contribution in [0.4, 0.5) is 5.69 Å². The molecule has 8 nitrogen and oxygen atoms in total. The summed E-state index contributed by atoms with van der Waals surface area (Å²) in [4.78, 5) is 28.0. The number of phenolic OH excluding ortho intramolecular Hbond substituents is 1. The molecule has 1 amide bonds. The number of carbonyl (C=O) groups excluding carboxylic acids is 2. The van der Waals surface area contributed by atoms with Crippen LogP contribution in [0, 0.1) is 5.41 Å². The second-order valence-corrected chi connectivity index (χ2v) is 8.94. The predicted molar refractivity (Wildman–Crippen MR) is 105 cm³/mol. The van der Waals surface area contributed by atoms with Gasteiger partial charge < -0.3 is 29.5 Å². The van der Waals surface area contributed by atoms with Gasteiger partial charge in [-0.2, -0.15) is 0 Å². The maximum Gasteiger partial charge on any atom is 0.335 e. The predicted octanol–water partition coefficient (Wildman–Crippen LogP) is 1.67. The Labute approximate surface area is 173 Å². The molecule has 1 aromatic rings. The Bertz CT molecular complexity index is 1050. The minimum absolute atomic E-state index is 0.0398. The van der Waals surface area contributed by atoms with Crippen LogP contribution in [0.1, 0.15) is 31.7 Å². The number of nitrogens with zero attached hydrogens (tertiary/aromatic N) is 1. The molecule has 1 aromatic carbocycles. The number of phenols is 1. The van der Waals surface area contributed by atoms with E-state index in [-0.39, 0.29) is 35.2 Å². The van der Waals surface area contributed by atoms with Gasteiger partial charge in [0.1, 0.15) is 6.10 Å². The number of fused-ring (bicyclic) bond motifs is 3. The molecule has 3 fully saturated rings. The summed E-state index contributed by atoms with van der Waals surface area (Å²) in [5, 5.41) is 14.0. The van der Waals surface area contributed by atoms with Crippen LogP contribution < -0.4 is 10.1 Å². The largest absolute Gasteiger partial charge is 0.504 e. The first kappa shape index (κ1) is 18.1. The average Bonchev–Trinajstić information content (AvgIpc) is 3.38. The van der Waals surface area contributed by atoms with Gasteiger partial charge in [0, 0.05) is 29.4 Å². The number of epoxide rings is 1. The molecule has 30 heavy (non-hydrogen) atoms. The number of aromatic hydroxyl groups is 1. The smallest absolute Gasteiger partial charge is 0.335 e. The first-order valence-electron chi connectivity index (χ1n) is 10.4. The number of nitrogens with one attached hydrogen (secondary N) is 1. The number of benzene rings is 1. The molecule has 3 saturated heterocycles. The summed E-state index contributed by atoms with van der Waals surface area (Å²) in [6.45, 7) is 2.69. The summed E-state index contributed by atoms with van der Waals surface area (Å²) in [5.41, 5.74) is 2.11. The number of rotatable bonds is 3. The van der Waals surface area contributed by atoms with Crippen LogP contribution in [0.25, 0.3) is 0 Å². The van der Waals surface area contributed by atoms with E-state index in [2.05, 4.69) is 12.2 Å².